The van der Waals surface area contributed by atoms with Crippen molar-refractivity contribution in [2.75, 3.05) is 17.7 Å². The van der Waals surface area contributed by atoms with E-state index in [0.29, 0.717) is 17.1 Å². The maximum atomic E-state index is 13.1. The largest absolute Gasteiger partial charge is 0.453 e. The van der Waals surface area contributed by atoms with Gasteiger partial charge in [-0.15, -0.1) is 0 Å². The molecule has 0 atom stereocenters. The van der Waals surface area contributed by atoms with Crippen LogP contribution in [0, 0.1) is 0 Å². The van der Waals surface area contributed by atoms with Crippen LogP contribution in [0.2, 0.25) is 0 Å². The zero-order valence-electron chi connectivity index (χ0n) is 17.6. The predicted molar refractivity (Wildman–Crippen MR) is 117 cm³/mol. The van der Waals surface area contributed by atoms with E-state index in [9.17, 15) is 19.2 Å². The van der Waals surface area contributed by atoms with Gasteiger partial charge in [-0.05, 0) is 43.2 Å². The lowest BCUT2D eigenvalue weighted by Gasteiger charge is -2.14. The Labute approximate surface area is 177 Å². The van der Waals surface area contributed by atoms with Gasteiger partial charge in [-0.25, -0.2) is 14.6 Å². The van der Waals surface area contributed by atoms with Crippen molar-refractivity contribution in [1.29, 1.82) is 0 Å². The highest BCUT2D eigenvalue weighted by atomic mass is 16.5. The summed E-state index contributed by atoms with van der Waals surface area (Å²) in [6.45, 7) is 5.86. The second-order valence-corrected chi connectivity index (χ2v) is 7.10. The standard InChI is InChI=1S/C21H23N5O5/c1-5-26-17-16(19(28)25-20(26)29)14(10-15(24-17)11(2)3)18(27)22-12-6-8-13(9-7-12)23-21(30)31-4/h6-11H,5H2,1-4H3,(H,22,27)(H,23,30)(H,25,28,29). The van der Waals surface area contributed by atoms with Gasteiger partial charge in [-0.1, -0.05) is 13.8 Å². The number of amides is 2. The summed E-state index contributed by atoms with van der Waals surface area (Å²) >= 11 is 0. The Morgan fingerprint density at radius 1 is 1.13 bits per heavy atom. The summed E-state index contributed by atoms with van der Waals surface area (Å²) in [5, 5.41) is 5.30. The summed E-state index contributed by atoms with van der Waals surface area (Å²) in [6.07, 6.45) is -0.609. The number of methoxy groups -OCH3 is 1. The number of rotatable bonds is 5. The topological polar surface area (TPSA) is 135 Å². The summed E-state index contributed by atoms with van der Waals surface area (Å²) < 4.78 is 5.86. The molecule has 3 aromatic rings. The van der Waals surface area contributed by atoms with Crippen LogP contribution in [0.15, 0.2) is 39.9 Å². The molecular weight excluding hydrogens is 402 g/mol. The van der Waals surface area contributed by atoms with Crippen LogP contribution in [0.3, 0.4) is 0 Å². The predicted octanol–water partition coefficient (Wildman–Crippen LogP) is 2.66. The van der Waals surface area contributed by atoms with Gasteiger partial charge in [-0.3, -0.25) is 24.5 Å². The fraction of sp³-hybridized carbons (Fsp3) is 0.286. The van der Waals surface area contributed by atoms with Crippen molar-refractivity contribution in [3.63, 3.8) is 0 Å². The molecule has 3 rings (SSSR count). The number of anilines is 2. The third kappa shape index (κ3) is 4.47. The highest BCUT2D eigenvalue weighted by molar-refractivity contribution is 6.12. The van der Waals surface area contributed by atoms with Crippen molar-refractivity contribution < 1.29 is 14.3 Å². The molecule has 0 aliphatic rings. The first-order valence-corrected chi connectivity index (χ1v) is 9.69. The maximum absolute atomic E-state index is 13.1. The molecule has 0 radical (unpaired) electrons. The van der Waals surface area contributed by atoms with Gasteiger partial charge >= 0.3 is 11.8 Å². The van der Waals surface area contributed by atoms with Crippen LogP contribution in [0.1, 0.15) is 42.7 Å². The molecule has 10 nitrogen and oxygen atoms in total. The molecule has 31 heavy (non-hydrogen) atoms. The molecule has 2 amide bonds. The van der Waals surface area contributed by atoms with Crippen LogP contribution in [-0.2, 0) is 11.3 Å². The number of hydrogen-bond donors (Lipinski definition) is 3. The first-order valence-electron chi connectivity index (χ1n) is 9.69. The Hall–Kier alpha value is -3.95. The van der Waals surface area contributed by atoms with E-state index in [1.54, 1.807) is 37.3 Å². The Morgan fingerprint density at radius 3 is 2.29 bits per heavy atom. The van der Waals surface area contributed by atoms with E-state index in [0.717, 1.165) is 0 Å². The van der Waals surface area contributed by atoms with E-state index in [4.69, 9.17) is 0 Å². The number of ether oxygens (including phenoxy) is 1. The Morgan fingerprint density at radius 2 is 1.74 bits per heavy atom. The van der Waals surface area contributed by atoms with Gasteiger partial charge in [0.05, 0.1) is 18.1 Å². The molecule has 2 aromatic heterocycles. The normalized spacial score (nSPS) is 10.9. The minimum atomic E-state index is -0.671. The fourth-order valence-electron chi connectivity index (χ4n) is 3.07. The zero-order valence-corrected chi connectivity index (χ0v) is 17.6. The summed E-state index contributed by atoms with van der Waals surface area (Å²) in [4.78, 5) is 55.8. The quantitative estimate of drug-likeness (QED) is 0.575. The van der Waals surface area contributed by atoms with Crippen LogP contribution in [0.5, 0.6) is 0 Å². The Bertz CT molecular complexity index is 1260. The van der Waals surface area contributed by atoms with Crippen molar-refractivity contribution >= 4 is 34.4 Å². The Kier molecular flexibility index (Phi) is 6.19. The highest BCUT2D eigenvalue weighted by Crippen LogP contribution is 2.21. The van der Waals surface area contributed by atoms with Crippen molar-refractivity contribution in [2.45, 2.75) is 33.2 Å². The van der Waals surface area contributed by atoms with Gasteiger partial charge in [0.15, 0.2) is 5.65 Å². The molecule has 0 unspecified atom stereocenters. The number of pyridine rings is 1. The van der Waals surface area contributed by atoms with Crippen molar-refractivity contribution in [1.82, 2.24) is 14.5 Å². The first kappa shape index (κ1) is 21.8. The molecule has 0 saturated heterocycles. The van der Waals surface area contributed by atoms with E-state index in [-0.39, 0.29) is 29.1 Å². The molecule has 0 aliphatic heterocycles. The van der Waals surface area contributed by atoms with Gasteiger partial charge in [0, 0.05) is 23.6 Å². The molecule has 0 spiro atoms. The monoisotopic (exact) mass is 425 g/mol. The van der Waals surface area contributed by atoms with Gasteiger partial charge in [0.1, 0.15) is 0 Å². The summed E-state index contributed by atoms with van der Waals surface area (Å²) in [5.41, 5.74) is 0.576. The van der Waals surface area contributed by atoms with Gasteiger partial charge in [0.2, 0.25) is 0 Å². The third-order valence-corrected chi connectivity index (χ3v) is 4.70. The van der Waals surface area contributed by atoms with E-state index in [1.165, 1.54) is 11.7 Å². The highest BCUT2D eigenvalue weighted by Gasteiger charge is 2.20. The SMILES string of the molecule is CCn1c(=O)[nH]c(=O)c2c(C(=O)Nc3ccc(NC(=O)OC)cc3)cc(C(C)C)nc21. The lowest BCUT2D eigenvalue weighted by atomic mass is 10.0. The molecule has 10 heteroatoms. The zero-order chi connectivity index (χ0) is 22.7. The van der Waals surface area contributed by atoms with Crippen LogP contribution < -0.4 is 21.9 Å². The molecular formula is C21H23N5O5. The number of fused-ring (bicyclic) bond motifs is 1. The number of aromatic nitrogens is 3. The molecule has 3 N–H and O–H groups in total. The van der Waals surface area contributed by atoms with Crippen molar-refractivity contribution in [2.24, 2.45) is 0 Å². The van der Waals surface area contributed by atoms with Crippen LogP contribution >= 0.6 is 0 Å². The molecule has 0 saturated carbocycles. The average Bonchev–Trinajstić information content (AvgIpc) is 2.74. The van der Waals surface area contributed by atoms with Crippen LogP contribution in [-0.4, -0.2) is 33.6 Å². The van der Waals surface area contributed by atoms with E-state index in [1.807, 2.05) is 13.8 Å². The number of nitrogens with zero attached hydrogens (tertiary/aromatic N) is 2. The number of carbonyl (C=O) groups is 2. The average molecular weight is 425 g/mol. The molecule has 0 fully saturated rings. The third-order valence-electron chi connectivity index (χ3n) is 4.70. The lowest BCUT2D eigenvalue weighted by Crippen LogP contribution is -2.32. The summed E-state index contributed by atoms with van der Waals surface area (Å²) in [6, 6.07) is 7.95. The number of aromatic amines is 1. The van der Waals surface area contributed by atoms with Gasteiger partial charge in [0.25, 0.3) is 11.5 Å². The fourth-order valence-corrected chi connectivity index (χ4v) is 3.07. The molecule has 2 heterocycles. The smallest absolute Gasteiger partial charge is 0.411 e. The lowest BCUT2D eigenvalue weighted by molar-refractivity contribution is 0.102. The molecule has 1 aromatic carbocycles. The van der Waals surface area contributed by atoms with Crippen molar-refractivity contribution in [3.05, 3.63) is 62.4 Å². The van der Waals surface area contributed by atoms with Crippen molar-refractivity contribution in [3.8, 4) is 0 Å². The van der Waals surface area contributed by atoms with E-state index >= 15 is 0 Å². The molecule has 0 aliphatic carbocycles. The van der Waals surface area contributed by atoms with Gasteiger partial charge in [-0.2, -0.15) is 0 Å². The molecule has 0 bridgehead atoms. The summed E-state index contributed by atoms with van der Waals surface area (Å²) in [5.74, 6) is -0.547. The second-order valence-electron chi connectivity index (χ2n) is 7.10. The number of hydrogen-bond acceptors (Lipinski definition) is 6. The minimum Gasteiger partial charge on any atom is -0.453 e. The Balaban J connectivity index is 2.05. The number of nitrogens with one attached hydrogen (secondary N) is 3. The first-order chi connectivity index (χ1) is 14.7. The maximum Gasteiger partial charge on any atom is 0.411 e. The summed E-state index contributed by atoms with van der Waals surface area (Å²) in [7, 11) is 1.26. The number of benzene rings is 1. The number of aryl methyl sites for hydroxylation is 1. The number of carbonyl (C=O) groups excluding carboxylic acids is 2. The van der Waals surface area contributed by atoms with E-state index < -0.39 is 23.2 Å². The van der Waals surface area contributed by atoms with Gasteiger partial charge < -0.3 is 10.1 Å². The minimum absolute atomic E-state index is 0.0284. The number of H-pyrrole nitrogens is 1. The van der Waals surface area contributed by atoms with Crippen LogP contribution in [0.25, 0.3) is 11.0 Å². The van der Waals surface area contributed by atoms with Crippen LogP contribution in [0.4, 0.5) is 16.2 Å². The van der Waals surface area contributed by atoms with E-state index in [2.05, 4.69) is 25.3 Å². The molecule has 162 valence electrons. The second kappa shape index (κ2) is 8.82.